The molecule has 2 aliphatic heterocycles. The molecule has 2 fully saturated rings. The number of nitrogens with one attached hydrogen (secondary N) is 2. The number of rotatable bonds is 1. The van der Waals surface area contributed by atoms with E-state index in [1.807, 2.05) is 0 Å². The van der Waals surface area contributed by atoms with Crippen LogP contribution in [-0.2, 0) is 19.2 Å². The topological polar surface area (TPSA) is 95.6 Å². The molecule has 4 amide bonds. The van der Waals surface area contributed by atoms with Gasteiger partial charge < -0.3 is 10.2 Å². The van der Waals surface area contributed by atoms with Gasteiger partial charge in [0.05, 0.1) is 0 Å². The lowest BCUT2D eigenvalue weighted by Crippen LogP contribution is -2.61. The molecule has 0 radical (unpaired) electrons. The van der Waals surface area contributed by atoms with Gasteiger partial charge in [-0.25, -0.2) is 0 Å². The first-order valence-electron chi connectivity index (χ1n) is 5.42. The van der Waals surface area contributed by atoms with Crippen LogP contribution >= 0.6 is 0 Å². The molecule has 2 N–H and O–H groups in total. The molecule has 0 bridgehead atoms. The van der Waals surface area contributed by atoms with Gasteiger partial charge in [0.2, 0.25) is 23.6 Å². The first-order valence-corrected chi connectivity index (χ1v) is 5.42. The Morgan fingerprint density at radius 2 is 2.00 bits per heavy atom. The van der Waals surface area contributed by atoms with E-state index >= 15 is 0 Å². The summed E-state index contributed by atoms with van der Waals surface area (Å²) in [5, 5.41) is 4.68. The highest BCUT2D eigenvalue weighted by atomic mass is 16.2. The molecule has 2 aliphatic rings. The average Bonchev–Trinajstić information content (AvgIpc) is 2.69. The lowest BCUT2D eigenvalue weighted by Gasteiger charge is -2.33. The SMILES string of the molecule is CC1C(=O)NC(=O)CN1C(=O)[C@@H]1CCC(=O)N1. The van der Waals surface area contributed by atoms with Gasteiger partial charge in [0.15, 0.2) is 0 Å². The monoisotopic (exact) mass is 239 g/mol. The molecule has 7 heteroatoms. The number of carbonyl (C=O) groups excluding carboxylic acids is 4. The van der Waals surface area contributed by atoms with E-state index in [0.29, 0.717) is 12.8 Å². The van der Waals surface area contributed by atoms with Crippen LogP contribution in [0, 0.1) is 0 Å². The van der Waals surface area contributed by atoms with Gasteiger partial charge in [-0.1, -0.05) is 0 Å². The van der Waals surface area contributed by atoms with Gasteiger partial charge in [-0.3, -0.25) is 24.5 Å². The van der Waals surface area contributed by atoms with E-state index < -0.39 is 23.9 Å². The minimum atomic E-state index is -0.683. The molecule has 2 rings (SSSR count). The zero-order valence-corrected chi connectivity index (χ0v) is 9.36. The molecule has 0 aromatic rings. The Labute approximate surface area is 97.5 Å². The van der Waals surface area contributed by atoms with Crippen LogP contribution in [0.1, 0.15) is 19.8 Å². The molecule has 2 heterocycles. The Morgan fingerprint density at radius 1 is 1.29 bits per heavy atom. The molecule has 7 nitrogen and oxygen atoms in total. The van der Waals surface area contributed by atoms with Gasteiger partial charge in [-0.05, 0) is 13.3 Å². The molecule has 2 atom stereocenters. The molecular weight excluding hydrogens is 226 g/mol. The summed E-state index contributed by atoms with van der Waals surface area (Å²) in [5.41, 5.74) is 0. The van der Waals surface area contributed by atoms with E-state index in [2.05, 4.69) is 10.6 Å². The first kappa shape index (κ1) is 11.6. The number of carbonyl (C=O) groups is 4. The predicted octanol–water partition coefficient (Wildman–Crippen LogP) is -1.86. The standard InChI is InChI=1S/C10H13N3O4/c1-5-9(16)12-8(15)4-13(5)10(17)6-2-3-7(14)11-6/h5-6H,2-4H2,1H3,(H,11,14)(H,12,15,16)/t5?,6-/m0/s1. The molecule has 0 aromatic carbocycles. The van der Waals surface area contributed by atoms with Crippen LogP contribution in [0.2, 0.25) is 0 Å². The minimum Gasteiger partial charge on any atom is -0.344 e. The molecule has 0 spiro atoms. The number of hydrogen-bond acceptors (Lipinski definition) is 4. The van der Waals surface area contributed by atoms with E-state index in [0.717, 1.165) is 0 Å². The third-order valence-electron chi connectivity index (χ3n) is 3.00. The highest BCUT2D eigenvalue weighted by Gasteiger charge is 2.38. The highest BCUT2D eigenvalue weighted by molar-refractivity contribution is 6.05. The summed E-state index contributed by atoms with van der Waals surface area (Å²) in [6, 6.07) is -1.29. The molecular formula is C10H13N3O4. The van der Waals surface area contributed by atoms with Crippen molar-refractivity contribution in [2.75, 3.05) is 6.54 Å². The molecule has 0 saturated carbocycles. The van der Waals surface area contributed by atoms with Crippen molar-refractivity contribution in [2.45, 2.75) is 31.8 Å². The van der Waals surface area contributed by atoms with Gasteiger partial charge in [0, 0.05) is 6.42 Å². The second kappa shape index (κ2) is 4.15. The zero-order chi connectivity index (χ0) is 12.6. The summed E-state index contributed by atoms with van der Waals surface area (Å²) in [6.07, 6.45) is 0.718. The van der Waals surface area contributed by atoms with Crippen LogP contribution in [0.4, 0.5) is 0 Å². The van der Waals surface area contributed by atoms with Crippen molar-refractivity contribution < 1.29 is 19.2 Å². The summed E-state index contributed by atoms with van der Waals surface area (Å²) < 4.78 is 0. The van der Waals surface area contributed by atoms with Crippen molar-refractivity contribution >= 4 is 23.6 Å². The van der Waals surface area contributed by atoms with Crippen LogP contribution in [0.3, 0.4) is 0 Å². The average molecular weight is 239 g/mol. The zero-order valence-electron chi connectivity index (χ0n) is 9.36. The summed E-state index contributed by atoms with van der Waals surface area (Å²) in [4.78, 5) is 46.8. The van der Waals surface area contributed by atoms with Crippen LogP contribution < -0.4 is 10.6 Å². The van der Waals surface area contributed by atoms with E-state index in [1.54, 1.807) is 6.92 Å². The Bertz CT molecular complexity index is 406. The molecule has 0 aromatic heterocycles. The lowest BCUT2D eigenvalue weighted by atomic mass is 10.1. The molecule has 0 aliphatic carbocycles. The normalized spacial score (nSPS) is 29.0. The summed E-state index contributed by atoms with van der Waals surface area (Å²) in [6.45, 7) is 1.41. The fourth-order valence-electron chi connectivity index (χ4n) is 1.98. The Morgan fingerprint density at radius 3 is 2.59 bits per heavy atom. The third kappa shape index (κ3) is 2.13. The number of hydrogen-bond donors (Lipinski definition) is 2. The van der Waals surface area contributed by atoms with Crippen molar-refractivity contribution in [3.8, 4) is 0 Å². The van der Waals surface area contributed by atoms with Crippen LogP contribution in [0.5, 0.6) is 0 Å². The minimum absolute atomic E-state index is 0.141. The summed E-state index contributed by atoms with van der Waals surface area (Å²) in [7, 11) is 0. The third-order valence-corrected chi connectivity index (χ3v) is 3.00. The van der Waals surface area contributed by atoms with Gasteiger partial charge in [0.1, 0.15) is 18.6 Å². The van der Waals surface area contributed by atoms with E-state index in [1.165, 1.54) is 4.90 Å². The van der Waals surface area contributed by atoms with Gasteiger partial charge in [-0.2, -0.15) is 0 Å². The fourth-order valence-corrected chi connectivity index (χ4v) is 1.98. The van der Waals surface area contributed by atoms with E-state index in [-0.39, 0.29) is 18.4 Å². The van der Waals surface area contributed by atoms with Gasteiger partial charge in [-0.15, -0.1) is 0 Å². The highest BCUT2D eigenvalue weighted by Crippen LogP contribution is 2.13. The first-order chi connectivity index (χ1) is 7.99. The van der Waals surface area contributed by atoms with E-state index in [9.17, 15) is 19.2 Å². The van der Waals surface area contributed by atoms with Crippen molar-refractivity contribution in [3.63, 3.8) is 0 Å². The van der Waals surface area contributed by atoms with Crippen LogP contribution in [0.25, 0.3) is 0 Å². The van der Waals surface area contributed by atoms with Gasteiger partial charge >= 0.3 is 0 Å². The Balaban J connectivity index is 2.10. The Kier molecular flexibility index (Phi) is 2.83. The second-order valence-electron chi connectivity index (χ2n) is 4.21. The maximum atomic E-state index is 12.0. The molecule has 2 saturated heterocycles. The number of nitrogens with zero attached hydrogens (tertiary/aromatic N) is 1. The maximum Gasteiger partial charge on any atom is 0.249 e. The quantitative estimate of drug-likeness (QED) is 0.524. The molecule has 92 valence electrons. The van der Waals surface area contributed by atoms with Crippen molar-refractivity contribution in [2.24, 2.45) is 0 Å². The van der Waals surface area contributed by atoms with Crippen LogP contribution in [-0.4, -0.2) is 47.2 Å². The largest absolute Gasteiger partial charge is 0.344 e. The van der Waals surface area contributed by atoms with Crippen molar-refractivity contribution in [3.05, 3.63) is 0 Å². The number of piperazine rings is 1. The summed E-state index contributed by atoms with van der Waals surface area (Å²) in [5.74, 6) is -1.53. The Hall–Kier alpha value is -1.92. The van der Waals surface area contributed by atoms with Gasteiger partial charge in [0.25, 0.3) is 0 Å². The lowest BCUT2D eigenvalue weighted by molar-refractivity contribution is -0.150. The number of amides is 4. The van der Waals surface area contributed by atoms with Crippen molar-refractivity contribution in [1.82, 2.24) is 15.5 Å². The van der Waals surface area contributed by atoms with Crippen LogP contribution in [0.15, 0.2) is 0 Å². The smallest absolute Gasteiger partial charge is 0.249 e. The fraction of sp³-hybridized carbons (Fsp3) is 0.600. The maximum absolute atomic E-state index is 12.0. The summed E-state index contributed by atoms with van der Waals surface area (Å²) >= 11 is 0. The molecule has 17 heavy (non-hydrogen) atoms. The van der Waals surface area contributed by atoms with E-state index in [4.69, 9.17) is 0 Å². The second-order valence-corrected chi connectivity index (χ2v) is 4.21. The predicted molar refractivity (Wildman–Crippen MR) is 55.5 cm³/mol. The van der Waals surface area contributed by atoms with Crippen molar-refractivity contribution in [1.29, 1.82) is 0 Å². The number of imide groups is 1. The molecule has 1 unspecified atom stereocenters.